The van der Waals surface area contributed by atoms with Gasteiger partial charge in [0.05, 0.1) is 12.7 Å². The second-order valence-electron chi connectivity index (χ2n) is 5.80. The Hall–Kier alpha value is -3.15. The zero-order chi connectivity index (χ0) is 18.2. The molecule has 0 radical (unpaired) electrons. The van der Waals surface area contributed by atoms with Crippen molar-refractivity contribution in [1.82, 2.24) is 15.5 Å². The highest BCUT2D eigenvalue weighted by Gasteiger charge is 2.13. The molecule has 1 aromatic heterocycles. The Labute approximate surface area is 152 Å². The maximum absolute atomic E-state index is 12.0. The molecule has 0 spiro atoms. The van der Waals surface area contributed by atoms with Crippen LogP contribution in [0.15, 0.2) is 59.1 Å². The highest BCUT2D eigenvalue weighted by molar-refractivity contribution is 5.76. The van der Waals surface area contributed by atoms with Crippen LogP contribution in [0.4, 0.5) is 0 Å². The van der Waals surface area contributed by atoms with Crippen LogP contribution in [0.5, 0.6) is 5.75 Å². The number of hydrogen-bond acceptors (Lipinski definition) is 5. The van der Waals surface area contributed by atoms with Gasteiger partial charge in [0, 0.05) is 19.4 Å². The van der Waals surface area contributed by atoms with Gasteiger partial charge in [-0.05, 0) is 24.1 Å². The quantitative estimate of drug-likeness (QED) is 0.675. The number of nitrogens with one attached hydrogen (secondary N) is 1. The lowest BCUT2D eigenvalue weighted by Gasteiger charge is -2.04. The Morgan fingerprint density at radius 3 is 2.65 bits per heavy atom. The Morgan fingerprint density at radius 2 is 1.85 bits per heavy atom. The number of rotatable bonds is 8. The average molecular weight is 351 g/mol. The molecule has 0 aliphatic heterocycles. The minimum atomic E-state index is -0.0297. The highest BCUT2D eigenvalue weighted by Crippen LogP contribution is 2.27. The number of ether oxygens (including phenoxy) is 1. The fourth-order valence-corrected chi connectivity index (χ4v) is 2.59. The Morgan fingerprint density at radius 1 is 1.08 bits per heavy atom. The number of para-hydroxylation sites is 1. The third kappa shape index (κ3) is 4.69. The van der Waals surface area contributed by atoms with Crippen LogP contribution in [-0.2, 0) is 17.6 Å². The fourth-order valence-electron chi connectivity index (χ4n) is 2.59. The van der Waals surface area contributed by atoms with Gasteiger partial charge in [-0.1, -0.05) is 47.6 Å². The van der Waals surface area contributed by atoms with E-state index in [-0.39, 0.29) is 5.91 Å². The van der Waals surface area contributed by atoms with E-state index in [1.54, 1.807) is 7.11 Å². The monoisotopic (exact) mass is 351 g/mol. The number of carbonyl (C=O) groups is 1. The van der Waals surface area contributed by atoms with E-state index in [1.165, 1.54) is 5.56 Å². The summed E-state index contributed by atoms with van der Waals surface area (Å²) >= 11 is 0. The van der Waals surface area contributed by atoms with Crippen molar-refractivity contribution < 1.29 is 14.1 Å². The summed E-state index contributed by atoms with van der Waals surface area (Å²) in [5.74, 6) is 1.54. The van der Waals surface area contributed by atoms with Crippen molar-refractivity contribution in [3.8, 4) is 17.1 Å². The topological polar surface area (TPSA) is 77.2 Å². The molecule has 1 heterocycles. The van der Waals surface area contributed by atoms with Crippen molar-refractivity contribution >= 4 is 5.91 Å². The van der Waals surface area contributed by atoms with Gasteiger partial charge in [0.2, 0.25) is 17.6 Å². The molecule has 0 saturated heterocycles. The minimum absolute atomic E-state index is 0.0297. The Kier molecular flexibility index (Phi) is 5.98. The molecular formula is C20H21N3O3. The van der Waals surface area contributed by atoms with E-state index in [2.05, 4.69) is 15.5 Å². The average Bonchev–Trinajstić information content (AvgIpc) is 3.16. The van der Waals surface area contributed by atoms with Crippen molar-refractivity contribution in [1.29, 1.82) is 0 Å². The van der Waals surface area contributed by atoms with Crippen LogP contribution < -0.4 is 10.1 Å². The largest absolute Gasteiger partial charge is 0.496 e. The van der Waals surface area contributed by atoms with Gasteiger partial charge in [-0.15, -0.1) is 0 Å². The Balaban J connectivity index is 1.48. The number of nitrogens with zero attached hydrogens (tertiary/aromatic N) is 2. The number of aromatic nitrogens is 2. The molecule has 0 saturated carbocycles. The van der Waals surface area contributed by atoms with Gasteiger partial charge in [-0.25, -0.2) is 0 Å². The molecule has 3 rings (SSSR count). The second kappa shape index (κ2) is 8.80. The van der Waals surface area contributed by atoms with E-state index in [0.29, 0.717) is 36.9 Å². The molecule has 3 aromatic rings. The molecule has 0 aliphatic rings. The van der Waals surface area contributed by atoms with Gasteiger partial charge in [-0.2, -0.15) is 4.98 Å². The van der Waals surface area contributed by atoms with Crippen LogP contribution in [0.1, 0.15) is 17.9 Å². The predicted molar refractivity (Wildman–Crippen MR) is 97.8 cm³/mol. The van der Waals surface area contributed by atoms with Gasteiger partial charge in [0.15, 0.2) is 0 Å². The molecule has 0 bridgehead atoms. The minimum Gasteiger partial charge on any atom is -0.496 e. The maximum atomic E-state index is 12.0. The van der Waals surface area contributed by atoms with Crippen molar-refractivity contribution in [3.05, 3.63) is 66.1 Å². The SMILES string of the molecule is COc1ccccc1-c1noc(CCC(=O)NCCc2ccccc2)n1. The number of benzene rings is 2. The van der Waals surface area contributed by atoms with Crippen LogP contribution in [0, 0.1) is 0 Å². The molecule has 0 unspecified atom stereocenters. The number of amides is 1. The zero-order valence-corrected chi connectivity index (χ0v) is 14.6. The van der Waals surface area contributed by atoms with E-state index in [9.17, 15) is 4.79 Å². The zero-order valence-electron chi connectivity index (χ0n) is 14.6. The molecule has 1 amide bonds. The van der Waals surface area contributed by atoms with E-state index >= 15 is 0 Å². The first-order valence-electron chi connectivity index (χ1n) is 8.53. The third-order valence-electron chi connectivity index (χ3n) is 3.96. The van der Waals surface area contributed by atoms with Gasteiger partial charge < -0.3 is 14.6 Å². The summed E-state index contributed by atoms with van der Waals surface area (Å²) in [5, 5.41) is 6.89. The molecule has 6 heteroatoms. The molecule has 26 heavy (non-hydrogen) atoms. The normalized spacial score (nSPS) is 10.5. The van der Waals surface area contributed by atoms with E-state index in [0.717, 1.165) is 12.0 Å². The Bertz CT molecular complexity index is 846. The van der Waals surface area contributed by atoms with Crippen LogP contribution in [-0.4, -0.2) is 29.7 Å². The van der Waals surface area contributed by atoms with E-state index < -0.39 is 0 Å². The summed E-state index contributed by atoms with van der Waals surface area (Å²) in [6.45, 7) is 0.610. The number of methoxy groups -OCH3 is 1. The lowest BCUT2D eigenvalue weighted by atomic mass is 10.1. The van der Waals surface area contributed by atoms with Crippen molar-refractivity contribution in [2.45, 2.75) is 19.3 Å². The molecule has 2 aromatic carbocycles. The highest BCUT2D eigenvalue weighted by atomic mass is 16.5. The fraction of sp³-hybridized carbons (Fsp3) is 0.250. The first kappa shape index (κ1) is 17.7. The third-order valence-corrected chi connectivity index (χ3v) is 3.96. The predicted octanol–water partition coefficient (Wildman–Crippen LogP) is 3.04. The van der Waals surface area contributed by atoms with E-state index in [1.807, 2.05) is 54.6 Å². The number of aryl methyl sites for hydroxylation is 1. The summed E-state index contributed by atoms with van der Waals surface area (Å²) in [4.78, 5) is 16.3. The maximum Gasteiger partial charge on any atom is 0.227 e. The van der Waals surface area contributed by atoms with Crippen LogP contribution >= 0.6 is 0 Å². The molecule has 134 valence electrons. The standard InChI is InChI=1S/C20H21N3O3/c1-25-17-10-6-5-9-16(17)20-22-19(26-23-20)12-11-18(24)21-14-13-15-7-3-2-4-8-15/h2-10H,11-14H2,1H3,(H,21,24). The van der Waals surface area contributed by atoms with Gasteiger partial charge in [-0.3, -0.25) is 4.79 Å². The molecule has 0 fully saturated rings. The second-order valence-corrected chi connectivity index (χ2v) is 5.80. The van der Waals surface area contributed by atoms with Gasteiger partial charge in [0.1, 0.15) is 5.75 Å². The lowest BCUT2D eigenvalue weighted by molar-refractivity contribution is -0.121. The summed E-state index contributed by atoms with van der Waals surface area (Å²) in [6.07, 6.45) is 1.52. The first-order valence-corrected chi connectivity index (χ1v) is 8.53. The molecule has 1 N–H and O–H groups in total. The smallest absolute Gasteiger partial charge is 0.227 e. The summed E-state index contributed by atoms with van der Waals surface area (Å²) in [7, 11) is 1.60. The number of carbonyl (C=O) groups excluding carboxylic acids is 1. The van der Waals surface area contributed by atoms with Gasteiger partial charge >= 0.3 is 0 Å². The summed E-state index contributed by atoms with van der Waals surface area (Å²) in [5.41, 5.74) is 1.96. The van der Waals surface area contributed by atoms with Crippen molar-refractivity contribution in [2.75, 3.05) is 13.7 Å². The van der Waals surface area contributed by atoms with Gasteiger partial charge in [0.25, 0.3) is 0 Å². The van der Waals surface area contributed by atoms with Crippen LogP contribution in [0.2, 0.25) is 0 Å². The first-order chi connectivity index (χ1) is 12.8. The summed E-state index contributed by atoms with van der Waals surface area (Å²) < 4.78 is 10.5. The molecule has 6 nitrogen and oxygen atoms in total. The lowest BCUT2D eigenvalue weighted by Crippen LogP contribution is -2.25. The van der Waals surface area contributed by atoms with Crippen molar-refractivity contribution in [2.24, 2.45) is 0 Å². The number of hydrogen-bond donors (Lipinski definition) is 1. The molecule has 0 atom stereocenters. The van der Waals surface area contributed by atoms with Crippen LogP contribution in [0.25, 0.3) is 11.4 Å². The van der Waals surface area contributed by atoms with Crippen molar-refractivity contribution in [3.63, 3.8) is 0 Å². The molecule has 0 aliphatic carbocycles. The van der Waals surface area contributed by atoms with Crippen LogP contribution in [0.3, 0.4) is 0 Å². The summed E-state index contributed by atoms with van der Waals surface area (Å²) in [6, 6.07) is 17.5. The van der Waals surface area contributed by atoms with E-state index in [4.69, 9.17) is 9.26 Å². The molecular weight excluding hydrogens is 330 g/mol.